The predicted molar refractivity (Wildman–Crippen MR) is 97.2 cm³/mol. The van der Waals surface area contributed by atoms with Crippen LogP contribution in [0.3, 0.4) is 0 Å². The molecule has 25 heavy (non-hydrogen) atoms. The molecule has 0 unspecified atom stereocenters. The molecule has 0 amide bonds. The number of benzene rings is 1. The molecule has 2 N–H and O–H groups in total. The molecule has 0 spiro atoms. The summed E-state index contributed by atoms with van der Waals surface area (Å²) in [6.07, 6.45) is 6.42. The first kappa shape index (κ1) is 14.4. The first-order valence-corrected chi connectivity index (χ1v) is 8.49. The fourth-order valence-electron chi connectivity index (χ4n) is 3.11. The number of rotatable bonds is 4. The van der Waals surface area contributed by atoms with Crippen LogP contribution in [-0.4, -0.2) is 36.5 Å². The molecule has 3 aromatic heterocycles. The van der Waals surface area contributed by atoms with E-state index in [0.717, 1.165) is 39.7 Å². The number of fused-ring (bicyclic) bond motifs is 2. The van der Waals surface area contributed by atoms with Crippen molar-refractivity contribution in [1.29, 1.82) is 0 Å². The van der Waals surface area contributed by atoms with Gasteiger partial charge in [0.05, 0.1) is 5.52 Å². The second-order valence-electron chi connectivity index (χ2n) is 7.24. The lowest BCUT2D eigenvalue weighted by Crippen LogP contribution is -2.13. The summed E-state index contributed by atoms with van der Waals surface area (Å²) < 4.78 is 1.78. The Morgan fingerprint density at radius 1 is 1.32 bits per heavy atom. The molecule has 0 radical (unpaired) electrons. The standard InChI is InChI=1S/C18H19N7/c1-18(5-6-18)10-21-17-20-9-13-12(8-19-16(13)22-17)11-3-4-14-15(7-11)25(2)24-23-14/h3-4,7-9H,5-6,10H2,1-2H3,(H2,19,20,21,22). The van der Waals surface area contributed by atoms with Crippen LogP contribution in [0.5, 0.6) is 0 Å². The van der Waals surface area contributed by atoms with Crippen molar-refractivity contribution >= 4 is 28.0 Å². The van der Waals surface area contributed by atoms with E-state index in [9.17, 15) is 0 Å². The average Bonchev–Trinajstić information content (AvgIpc) is 3.05. The average molecular weight is 333 g/mol. The van der Waals surface area contributed by atoms with Gasteiger partial charge in [-0.1, -0.05) is 18.2 Å². The SMILES string of the molecule is Cn1nnc2ccc(-c3c[nH]c4nc(NCC5(C)CC5)ncc34)cc21. The Kier molecular flexibility index (Phi) is 2.89. The van der Waals surface area contributed by atoms with Gasteiger partial charge in [-0.3, -0.25) is 0 Å². The van der Waals surface area contributed by atoms with Crippen LogP contribution in [0.25, 0.3) is 33.2 Å². The molecule has 1 aromatic carbocycles. The molecule has 1 fully saturated rings. The summed E-state index contributed by atoms with van der Waals surface area (Å²) in [5.41, 5.74) is 5.34. The monoisotopic (exact) mass is 333 g/mol. The highest BCUT2D eigenvalue weighted by atomic mass is 15.4. The number of H-pyrrole nitrogens is 1. The van der Waals surface area contributed by atoms with E-state index in [0.29, 0.717) is 11.4 Å². The van der Waals surface area contributed by atoms with Gasteiger partial charge < -0.3 is 10.3 Å². The maximum atomic E-state index is 4.61. The summed E-state index contributed by atoms with van der Waals surface area (Å²) in [5.74, 6) is 0.681. The Morgan fingerprint density at radius 2 is 2.20 bits per heavy atom. The van der Waals surface area contributed by atoms with Gasteiger partial charge in [0.25, 0.3) is 0 Å². The number of hydrogen-bond acceptors (Lipinski definition) is 5. The first-order chi connectivity index (χ1) is 12.1. The smallest absolute Gasteiger partial charge is 0.224 e. The van der Waals surface area contributed by atoms with Gasteiger partial charge in [-0.05, 0) is 36.0 Å². The summed E-state index contributed by atoms with van der Waals surface area (Å²) >= 11 is 0. The van der Waals surface area contributed by atoms with Gasteiger partial charge >= 0.3 is 0 Å². The lowest BCUT2D eigenvalue weighted by atomic mass is 10.1. The number of hydrogen-bond donors (Lipinski definition) is 2. The van der Waals surface area contributed by atoms with Crippen molar-refractivity contribution in [2.45, 2.75) is 19.8 Å². The summed E-state index contributed by atoms with van der Waals surface area (Å²) in [7, 11) is 1.90. The van der Waals surface area contributed by atoms with Crippen LogP contribution in [0.1, 0.15) is 19.8 Å². The molecule has 126 valence electrons. The van der Waals surface area contributed by atoms with Crippen molar-refractivity contribution in [2.24, 2.45) is 12.5 Å². The van der Waals surface area contributed by atoms with Crippen LogP contribution in [0.4, 0.5) is 5.95 Å². The minimum atomic E-state index is 0.422. The Hall–Kier alpha value is -2.96. The third-order valence-corrected chi connectivity index (χ3v) is 5.13. The fraction of sp³-hybridized carbons (Fsp3) is 0.333. The van der Waals surface area contributed by atoms with Gasteiger partial charge in [0.15, 0.2) is 0 Å². The predicted octanol–water partition coefficient (Wildman–Crippen LogP) is 3.12. The highest BCUT2D eigenvalue weighted by Gasteiger charge is 2.36. The Bertz CT molecular complexity index is 1090. The van der Waals surface area contributed by atoms with Crippen molar-refractivity contribution in [2.75, 3.05) is 11.9 Å². The first-order valence-electron chi connectivity index (χ1n) is 8.49. The molecule has 7 heteroatoms. The number of aryl methyl sites for hydroxylation is 1. The molecule has 0 saturated heterocycles. The highest BCUT2D eigenvalue weighted by Crippen LogP contribution is 2.44. The molecular weight excluding hydrogens is 314 g/mol. The molecule has 1 saturated carbocycles. The van der Waals surface area contributed by atoms with Gasteiger partial charge in [0, 0.05) is 36.9 Å². The van der Waals surface area contributed by atoms with E-state index in [1.54, 1.807) is 4.68 Å². The number of aromatic amines is 1. The van der Waals surface area contributed by atoms with Crippen LogP contribution >= 0.6 is 0 Å². The zero-order valence-electron chi connectivity index (χ0n) is 14.2. The number of aromatic nitrogens is 6. The lowest BCUT2D eigenvalue weighted by Gasteiger charge is -2.09. The van der Waals surface area contributed by atoms with E-state index in [1.165, 1.54) is 12.8 Å². The molecule has 7 nitrogen and oxygen atoms in total. The number of nitrogens with one attached hydrogen (secondary N) is 2. The van der Waals surface area contributed by atoms with Crippen LogP contribution in [0.2, 0.25) is 0 Å². The highest BCUT2D eigenvalue weighted by molar-refractivity contribution is 5.95. The maximum absolute atomic E-state index is 4.61. The van der Waals surface area contributed by atoms with Crippen LogP contribution in [0.15, 0.2) is 30.6 Å². The quantitative estimate of drug-likeness (QED) is 0.599. The third-order valence-electron chi connectivity index (χ3n) is 5.13. The van der Waals surface area contributed by atoms with Gasteiger partial charge in [-0.2, -0.15) is 4.98 Å². The Morgan fingerprint density at radius 3 is 3.04 bits per heavy atom. The van der Waals surface area contributed by atoms with Crippen molar-refractivity contribution in [3.63, 3.8) is 0 Å². The van der Waals surface area contributed by atoms with E-state index >= 15 is 0 Å². The van der Waals surface area contributed by atoms with Crippen LogP contribution in [0, 0.1) is 5.41 Å². The molecule has 0 bridgehead atoms. The molecule has 5 rings (SSSR count). The molecule has 0 atom stereocenters. The van der Waals surface area contributed by atoms with Gasteiger partial charge in [-0.25, -0.2) is 9.67 Å². The summed E-state index contributed by atoms with van der Waals surface area (Å²) in [5, 5.41) is 12.6. The second kappa shape index (κ2) is 5.02. The second-order valence-corrected chi connectivity index (χ2v) is 7.24. The molecule has 0 aliphatic heterocycles. The fourth-order valence-corrected chi connectivity index (χ4v) is 3.11. The molecule has 3 heterocycles. The van der Waals surface area contributed by atoms with E-state index in [-0.39, 0.29) is 0 Å². The largest absolute Gasteiger partial charge is 0.354 e. The Balaban J connectivity index is 1.51. The minimum absolute atomic E-state index is 0.422. The normalized spacial score (nSPS) is 15.8. The zero-order valence-corrected chi connectivity index (χ0v) is 14.2. The van der Waals surface area contributed by atoms with Gasteiger partial charge in [0.1, 0.15) is 11.2 Å². The van der Waals surface area contributed by atoms with Crippen molar-refractivity contribution in [1.82, 2.24) is 29.9 Å². The lowest BCUT2D eigenvalue weighted by molar-refractivity contribution is 0.608. The molecule has 1 aliphatic carbocycles. The van der Waals surface area contributed by atoms with E-state index in [4.69, 9.17) is 0 Å². The number of nitrogens with zero attached hydrogens (tertiary/aromatic N) is 5. The van der Waals surface area contributed by atoms with E-state index in [1.807, 2.05) is 25.5 Å². The topological polar surface area (TPSA) is 84.3 Å². The molecule has 1 aliphatic rings. The third kappa shape index (κ3) is 2.43. The van der Waals surface area contributed by atoms with Gasteiger partial charge in [-0.15, -0.1) is 5.10 Å². The van der Waals surface area contributed by atoms with E-state index < -0.39 is 0 Å². The van der Waals surface area contributed by atoms with Crippen molar-refractivity contribution < 1.29 is 0 Å². The summed E-state index contributed by atoms with van der Waals surface area (Å²) in [6.45, 7) is 3.21. The molecule has 4 aromatic rings. The maximum Gasteiger partial charge on any atom is 0.224 e. The van der Waals surface area contributed by atoms with Gasteiger partial charge in [0.2, 0.25) is 5.95 Å². The summed E-state index contributed by atoms with van der Waals surface area (Å²) in [6, 6.07) is 6.14. The summed E-state index contributed by atoms with van der Waals surface area (Å²) in [4.78, 5) is 12.4. The Labute approximate surface area is 144 Å². The van der Waals surface area contributed by atoms with Crippen LogP contribution in [-0.2, 0) is 7.05 Å². The van der Waals surface area contributed by atoms with E-state index in [2.05, 4.69) is 49.6 Å². The van der Waals surface area contributed by atoms with Crippen LogP contribution < -0.4 is 5.32 Å². The van der Waals surface area contributed by atoms with Crippen molar-refractivity contribution in [3.05, 3.63) is 30.6 Å². The molecular formula is C18H19N7. The van der Waals surface area contributed by atoms with Crippen molar-refractivity contribution in [3.8, 4) is 11.1 Å². The minimum Gasteiger partial charge on any atom is -0.354 e. The number of anilines is 1. The zero-order chi connectivity index (χ0) is 17.0.